The molecule has 1 N–H and O–H groups in total. The third kappa shape index (κ3) is 3.73. The van der Waals surface area contributed by atoms with Gasteiger partial charge in [-0.15, -0.1) is 4.13 Å². The molecule has 0 aliphatic heterocycles. The lowest BCUT2D eigenvalue weighted by molar-refractivity contribution is 0.577. The number of nitrogens with one attached hydrogen (secondary N) is 1. The maximum atomic E-state index is 12.1. The normalized spacial score (nSPS) is 11.4. The molecule has 0 unspecified atom stereocenters. The second-order valence-corrected chi connectivity index (χ2v) is 7.96. The van der Waals surface area contributed by atoms with Crippen LogP contribution in [0.4, 0.5) is 5.69 Å². The number of rotatable bonds is 4. The number of nitriles is 1. The van der Waals surface area contributed by atoms with Crippen LogP contribution in [-0.4, -0.2) is 16.8 Å². The summed E-state index contributed by atoms with van der Waals surface area (Å²) in [5, 5.41) is 8.68. The monoisotopic (exact) mass is 347 g/mol. The average molecular weight is 347 g/mol. The highest BCUT2D eigenvalue weighted by atomic mass is 32.3. The Morgan fingerprint density at radius 1 is 0.870 bits per heavy atom. The molecular formula is C14H9N3O4S2. The summed E-state index contributed by atoms with van der Waals surface area (Å²) in [6.45, 7) is 6.80. The van der Waals surface area contributed by atoms with Crippen molar-refractivity contribution in [1.29, 1.82) is 5.26 Å². The first-order chi connectivity index (χ1) is 10.8. The summed E-state index contributed by atoms with van der Waals surface area (Å²) in [4.78, 5) is 2.57. The maximum Gasteiger partial charge on any atom is 0.253 e. The molecule has 0 saturated heterocycles. The lowest BCUT2D eigenvalue weighted by Crippen LogP contribution is -2.30. The third-order valence-corrected chi connectivity index (χ3v) is 6.33. The fourth-order valence-electron chi connectivity index (χ4n) is 1.65. The molecule has 0 atom stereocenters. The van der Waals surface area contributed by atoms with E-state index in [1.807, 2.05) is 6.07 Å². The Balaban J connectivity index is 2.34. The van der Waals surface area contributed by atoms with E-state index >= 15 is 0 Å². The molecule has 0 radical (unpaired) electrons. The Bertz CT molecular complexity index is 926. The highest BCUT2D eigenvalue weighted by Crippen LogP contribution is 2.18. The summed E-state index contributed by atoms with van der Waals surface area (Å²) in [7, 11) is -8.63. The first kappa shape index (κ1) is 16.6. The van der Waals surface area contributed by atoms with Gasteiger partial charge in [0.05, 0.1) is 28.0 Å². The van der Waals surface area contributed by atoms with Gasteiger partial charge in [-0.25, -0.2) is 21.7 Å². The summed E-state index contributed by atoms with van der Waals surface area (Å²) >= 11 is 0. The van der Waals surface area contributed by atoms with Crippen molar-refractivity contribution in [3.63, 3.8) is 0 Å². The van der Waals surface area contributed by atoms with Crippen LogP contribution in [0.5, 0.6) is 0 Å². The van der Waals surface area contributed by atoms with E-state index in [4.69, 9.17) is 11.8 Å². The van der Waals surface area contributed by atoms with Gasteiger partial charge >= 0.3 is 0 Å². The first-order valence-electron chi connectivity index (χ1n) is 6.05. The molecular weight excluding hydrogens is 338 g/mol. The van der Waals surface area contributed by atoms with Crippen LogP contribution in [0.1, 0.15) is 5.56 Å². The van der Waals surface area contributed by atoms with Crippen LogP contribution in [0.2, 0.25) is 0 Å². The number of nitrogens with zero attached hydrogens (tertiary/aromatic N) is 2. The zero-order chi connectivity index (χ0) is 17.1. The van der Waals surface area contributed by atoms with Gasteiger partial charge < -0.3 is 0 Å². The van der Waals surface area contributed by atoms with E-state index in [0.29, 0.717) is 0 Å². The van der Waals surface area contributed by atoms with Gasteiger partial charge in [0.15, 0.2) is 5.69 Å². The lowest BCUT2D eigenvalue weighted by atomic mass is 10.2. The summed E-state index contributed by atoms with van der Waals surface area (Å²) in [5.74, 6) is 0. The van der Waals surface area contributed by atoms with Gasteiger partial charge in [-0.2, -0.15) is 5.26 Å². The molecule has 0 bridgehead atoms. The molecule has 23 heavy (non-hydrogen) atoms. The first-order valence-corrected chi connectivity index (χ1v) is 9.01. The van der Waals surface area contributed by atoms with Crippen LogP contribution in [0.3, 0.4) is 0 Å². The van der Waals surface area contributed by atoms with Gasteiger partial charge in [0.1, 0.15) is 0 Å². The average Bonchev–Trinajstić information content (AvgIpc) is 2.54. The van der Waals surface area contributed by atoms with Crippen molar-refractivity contribution in [2.45, 2.75) is 9.79 Å². The Hall–Kier alpha value is -2.72. The lowest BCUT2D eigenvalue weighted by Gasteiger charge is -2.08. The van der Waals surface area contributed by atoms with Gasteiger partial charge in [-0.05, 0) is 24.3 Å². The van der Waals surface area contributed by atoms with Crippen molar-refractivity contribution in [3.05, 3.63) is 65.5 Å². The predicted molar refractivity (Wildman–Crippen MR) is 81.4 cm³/mol. The van der Waals surface area contributed by atoms with Crippen molar-refractivity contribution >= 4 is 25.7 Å². The third-order valence-electron chi connectivity index (χ3n) is 2.79. The topological polar surface area (TPSA) is 108 Å². The second-order valence-electron chi connectivity index (χ2n) is 4.33. The van der Waals surface area contributed by atoms with E-state index < -0.39 is 20.0 Å². The molecule has 9 heteroatoms. The number of sulfonamides is 2. The van der Waals surface area contributed by atoms with Crippen molar-refractivity contribution < 1.29 is 16.8 Å². The van der Waals surface area contributed by atoms with Crippen molar-refractivity contribution in [2.24, 2.45) is 0 Å². The molecule has 2 aromatic carbocycles. The molecule has 0 saturated carbocycles. The molecule has 0 heterocycles. The minimum Gasteiger partial charge on any atom is -0.238 e. The zero-order valence-corrected chi connectivity index (χ0v) is 13.1. The fraction of sp³-hybridized carbons (Fsp3) is 0. The molecule has 0 spiro atoms. The molecule has 0 aliphatic rings. The van der Waals surface area contributed by atoms with E-state index in [9.17, 15) is 16.8 Å². The van der Waals surface area contributed by atoms with E-state index in [0.717, 1.165) is 24.3 Å². The van der Waals surface area contributed by atoms with Crippen molar-refractivity contribution in [1.82, 2.24) is 4.13 Å². The Labute approximate surface area is 133 Å². The van der Waals surface area contributed by atoms with Crippen LogP contribution < -0.4 is 4.13 Å². The Morgan fingerprint density at radius 3 is 1.70 bits per heavy atom. The predicted octanol–water partition coefficient (Wildman–Crippen LogP) is 1.78. The van der Waals surface area contributed by atoms with Crippen LogP contribution in [-0.2, 0) is 20.0 Å². The van der Waals surface area contributed by atoms with Crippen molar-refractivity contribution in [3.8, 4) is 6.07 Å². The van der Waals surface area contributed by atoms with Crippen LogP contribution in [0, 0.1) is 17.9 Å². The standard InChI is InChI=1S/C14H9N3O4S2/c1-16-12-4-8-14(9-5-12)23(20,21)17-22(18,19)13-6-2-11(10-15)3-7-13/h2-9,17H. The fourth-order valence-corrected chi connectivity index (χ4v) is 4.56. The minimum atomic E-state index is -4.31. The molecule has 116 valence electrons. The molecule has 0 aliphatic carbocycles. The Morgan fingerprint density at radius 2 is 1.30 bits per heavy atom. The summed E-state index contributed by atoms with van der Waals surface area (Å²) in [6.07, 6.45) is 0. The molecule has 0 fully saturated rings. The van der Waals surface area contributed by atoms with Gasteiger partial charge in [-0.3, -0.25) is 0 Å². The van der Waals surface area contributed by atoms with E-state index in [-0.39, 0.29) is 21.0 Å². The maximum absolute atomic E-state index is 12.1. The summed E-state index contributed by atoms with van der Waals surface area (Å²) in [6, 6.07) is 11.5. The van der Waals surface area contributed by atoms with Crippen LogP contribution in [0.15, 0.2) is 58.3 Å². The Kier molecular flexibility index (Phi) is 4.48. The molecule has 2 aromatic rings. The van der Waals surface area contributed by atoms with E-state index in [2.05, 4.69) is 4.85 Å². The SMILES string of the molecule is [C-]#[N+]c1ccc(S(=O)(=O)NS(=O)(=O)c2ccc(C#N)cc2)cc1. The van der Waals surface area contributed by atoms with Gasteiger partial charge in [0.2, 0.25) is 0 Å². The van der Waals surface area contributed by atoms with Crippen LogP contribution >= 0.6 is 0 Å². The largest absolute Gasteiger partial charge is 0.253 e. The van der Waals surface area contributed by atoms with Crippen LogP contribution in [0.25, 0.3) is 4.85 Å². The van der Waals surface area contributed by atoms with E-state index in [1.54, 1.807) is 4.13 Å². The minimum absolute atomic E-state index is 0.235. The van der Waals surface area contributed by atoms with E-state index in [1.165, 1.54) is 24.3 Å². The number of hydrogen-bond acceptors (Lipinski definition) is 5. The molecule has 7 nitrogen and oxygen atoms in total. The summed E-state index contributed by atoms with van der Waals surface area (Å²) < 4.78 is 50.1. The van der Waals surface area contributed by atoms with Gasteiger partial charge in [0, 0.05) is 0 Å². The molecule has 0 aromatic heterocycles. The van der Waals surface area contributed by atoms with Gasteiger partial charge in [-0.1, -0.05) is 24.3 Å². The number of benzene rings is 2. The quantitative estimate of drug-likeness (QED) is 0.848. The highest BCUT2D eigenvalue weighted by Gasteiger charge is 2.24. The molecule has 2 rings (SSSR count). The summed E-state index contributed by atoms with van der Waals surface area (Å²) in [5.41, 5.74) is 0.487. The smallest absolute Gasteiger partial charge is 0.238 e. The van der Waals surface area contributed by atoms with Gasteiger partial charge in [0.25, 0.3) is 20.0 Å². The second kappa shape index (κ2) is 6.18. The highest BCUT2D eigenvalue weighted by molar-refractivity contribution is 8.04. The van der Waals surface area contributed by atoms with Crippen molar-refractivity contribution in [2.75, 3.05) is 0 Å². The zero-order valence-electron chi connectivity index (χ0n) is 11.5. The molecule has 0 amide bonds. The number of hydrogen-bond donors (Lipinski definition) is 1.